The molecule has 0 N–H and O–H groups in total. The van der Waals surface area contributed by atoms with Crippen LogP contribution in [0.25, 0.3) is 0 Å². The zero-order valence-electron chi connectivity index (χ0n) is 11.4. The highest BCUT2D eigenvalue weighted by molar-refractivity contribution is 4.85. The number of rotatable bonds is 1. The van der Waals surface area contributed by atoms with Crippen molar-refractivity contribution in [3.05, 3.63) is 0 Å². The molecule has 4 atom stereocenters. The first-order valence-electron chi connectivity index (χ1n) is 7.18. The van der Waals surface area contributed by atoms with E-state index in [4.69, 9.17) is 0 Å². The first-order chi connectivity index (χ1) is 7.61. The molecule has 0 spiro atoms. The first kappa shape index (κ1) is 12.4. The fourth-order valence-electron chi connectivity index (χ4n) is 3.73. The van der Waals surface area contributed by atoms with E-state index in [-0.39, 0.29) is 0 Å². The topological polar surface area (TPSA) is 6.48 Å². The van der Waals surface area contributed by atoms with Crippen LogP contribution in [0.5, 0.6) is 0 Å². The Bertz CT molecular complexity index is 185. The molecule has 2 saturated heterocycles. The average Bonchev–Trinajstić information content (AvgIpc) is 2.21. The van der Waals surface area contributed by atoms with Gasteiger partial charge in [0.2, 0.25) is 0 Å². The predicted octanol–water partition coefficient (Wildman–Crippen LogP) is 3.43. The molecule has 0 aromatic carbocycles. The highest BCUT2D eigenvalue weighted by Crippen LogP contribution is 2.31. The van der Waals surface area contributed by atoms with Crippen LogP contribution in [0.4, 0.5) is 0 Å². The summed E-state index contributed by atoms with van der Waals surface area (Å²) < 4.78 is 0. The van der Waals surface area contributed by atoms with Gasteiger partial charge in [0.15, 0.2) is 0 Å². The van der Waals surface area contributed by atoms with E-state index in [9.17, 15) is 0 Å². The van der Waals surface area contributed by atoms with E-state index in [1.165, 1.54) is 38.5 Å². The van der Waals surface area contributed by atoms with Gasteiger partial charge in [0.05, 0.1) is 0 Å². The minimum absolute atomic E-state index is 0.742. The van der Waals surface area contributed by atoms with Crippen LogP contribution >= 0.6 is 0 Å². The van der Waals surface area contributed by atoms with E-state index in [2.05, 4.69) is 37.7 Å². The van der Waals surface area contributed by atoms with Gasteiger partial charge < -0.3 is 0 Å². The Labute approximate surface area is 101 Å². The van der Waals surface area contributed by atoms with E-state index < -0.39 is 0 Å². The quantitative estimate of drug-likeness (QED) is 0.673. The molecule has 2 aliphatic heterocycles. The zero-order valence-corrected chi connectivity index (χ0v) is 11.4. The molecule has 0 aromatic rings. The molecule has 2 heterocycles. The molecule has 2 aliphatic rings. The van der Waals surface area contributed by atoms with Gasteiger partial charge in [-0.3, -0.25) is 0 Å². The van der Waals surface area contributed by atoms with Crippen molar-refractivity contribution in [2.75, 3.05) is 0 Å². The summed E-state index contributed by atoms with van der Waals surface area (Å²) in [5.74, 6) is 0. The largest absolute Gasteiger partial charge is 0.236 e. The lowest BCUT2D eigenvalue weighted by Crippen LogP contribution is -2.61. The van der Waals surface area contributed by atoms with Crippen LogP contribution in [-0.4, -0.2) is 34.2 Å². The van der Waals surface area contributed by atoms with Gasteiger partial charge >= 0.3 is 0 Å². The van der Waals surface area contributed by atoms with Crippen LogP contribution in [0.1, 0.15) is 66.2 Å². The first-order valence-corrected chi connectivity index (χ1v) is 7.18. The lowest BCUT2D eigenvalue weighted by molar-refractivity contribution is -0.161. The van der Waals surface area contributed by atoms with Gasteiger partial charge in [0.25, 0.3) is 0 Å². The van der Waals surface area contributed by atoms with Gasteiger partial charge in [-0.2, -0.15) is 0 Å². The standard InChI is InChI=1S/C14H28N2/c1-11-7-5-8-12(2)15(11)16-13(3)9-6-10-14(16)4/h11-14H,5-10H2,1-4H3. The predicted molar refractivity (Wildman–Crippen MR) is 69.2 cm³/mol. The summed E-state index contributed by atoms with van der Waals surface area (Å²) in [6.07, 6.45) is 8.33. The second kappa shape index (κ2) is 5.05. The van der Waals surface area contributed by atoms with E-state index in [1.807, 2.05) is 0 Å². The van der Waals surface area contributed by atoms with Crippen LogP contribution in [0, 0.1) is 0 Å². The van der Waals surface area contributed by atoms with E-state index in [1.54, 1.807) is 0 Å². The molecule has 0 amide bonds. The monoisotopic (exact) mass is 224 g/mol. The van der Waals surface area contributed by atoms with Crippen LogP contribution in [0.2, 0.25) is 0 Å². The van der Waals surface area contributed by atoms with Gasteiger partial charge in [0.1, 0.15) is 0 Å². The fourth-order valence-corrected chi connectivity index (χ4v) is 3.73. The van der Waals surface area contributed by atoms with Crippen molar-refractivity contribution < 1.29 is 0 Å². The van der Waals surface area contributed by atoms with Gasteiger partial charge in [-0.05, 0) is 53.4 Å². The summed E-state index contributed by atoms with van der Waals surface area (Å²) in [6, 6.07) is 2.97. The normalized spacial score (nSPS) is 43.5. The second-order valence-electron chi connectivity index (χ2n) is 6.02. The van der Waals surface area contributed by atoms with Crippen molar-refractivity contribution in [3.63, 3.8) is 0 Å². The highest BCUT2D eigenvalue weighted by atomic mass is 15.7. The molecule has 2 rings (SSSR count). The zero-order chi connectivity index (χ0) is 11.7. The van der Waals surface area contributed by atoms with Crippen molar-refractivity contribution in [1.82, 2.24) is 10.0 Å². The van der Waals surface area contributed by atoms with Crippen molar-refractivity contribution in [2.45, 2.75) is 90.4 Å². The lowest BCUT2D eigenvalue weighted by Gasteiger charge is -2.52. The summed E-state index contributed by atoms with van der Waals surface area (Å²) in [5.41, 5.74) is 0. The van der Waals surface area contributed by atoms with Crippen LogP contribution in [-0.2, 0) is 0 Å². The molecule has 2 heteroatoms. The maximum atomic E-state index is 2.71. The second-order valence-corrected chi connectivity index (χ2v) is 6.02. The number of nitrogens with zero attached hydrogens (tertiary/aromatic N) is 2. The molecule has 0 radical (unpaired) electrons. The Morgan fingerprint density at radius 2 is 0.812 bits per heavy atom. The summed E-state index contributed by atoms with van der Waals surface area (Å²) in [5, 5.41) is 5.41. The summed E-state index contributed by atoms with van der Waals surface area (Å²) >= 11 is 0. The van der Waals surface area contributed by atoms with Crippen molar-refractivity contribution in [3.8, 4) is 0 Å². The lowest BCUT2D eigenvalue weighted by atomic mass is 9.95. The molecule has 2 fully saturated rings. The Balaban J connectivity index is 2.12. The molecule has 0 bridgehead atoms. The van der Waals surface area contributed by atoms with Crippen LogP contribution in [0.3, 0.4) is 0 Å². The van der Waals surface area contributed by atoms with Gasteiger partial charge in [-0.25, -0.2) is 10.0 Å². The molecule has 0 aromatic heterocycles. The summed E-state index contributed by atoms with van der Waals surface area (Å²) in [4.78, 5) is 0. The smallest absolute Gasteiger partial charge is 0.0220 e. The van der Waals surface area contributed by atoms with Gasteiger partial charge in [0, 0.05) is 24.2 Å². The minimum Gasteiger partial charge on any atom is -0.236 e. The molecule has 4 unspecified atom stereocenters. The third-order valence-electron chi connectivity index (χ3n) is 4.56. The third-order valence-corrected chi connectivity index (χ3v) is 4.56. The summed E-state index contributed by atoms with van der Waals surface area (Å²) in [7, 11) is 0. The Morgan fingerprint density at radius 3 is 1.06 bits per heavy atom. The minimum atomic E-state index is 0.742. The van der Waals surface area contributed by atoms with E-state index >= 15 is 0 Å². The van der Waals surface area contributed by atoms with E-state index in [0.717, 1.165) is 24.2 Å². The SMILES string of the molecule is CC1CCCC(C)N1N1C(C)CCCC1C. The number of hydrazine groups is 1. The molecule has 2 nitrogen and oxygen atoms in total. The summed E-state index contributed by atoms with van der Waals surface area (Å²) in [6.45, 7) is 9.63. The Hall–Kier alpha value is -0.0800. The molecule has 0 aliphatic carbocycles. The molecule has 0 saturated carbocycles. The van der Waals surface area contributed by atoms with Gasteiger partial charge in [-0.15, -0.1) is 0 Å². The van der Waals surface area contributed by atoms with Crippen LogP contribution in [0.15, 0.2) is 0 Å². The third kappa shape index (κ3) is 2.28. The van der Waals surface area contributed by atoms with Gasteiger partial charge in [-0.1, -0.05) is 12.8 Å². The Morgan fingerprint density at radius 1 is 0.562 bits per heavy atom. The average molecular weight is 224 g/mol. The number of hydrogen-bond donors (Lipinski definition) is 0. The Kier molecular flexibility index (Phi) is 3.91. The van der Waals surface area contributed by atoms with E-state index in [0.29, 0.717) is 0 Å². The maximum absolute atomic E-state index is 2.71. The number of hydrogen-bond acceptors (Lipinski definition) is 2. The van der Waals surface area contributed by atoms with Crippen LogP contribution < -0.4 is 0 Å². The molecule has 94 valence electrons. The molecular weight excluding hydrogens is 196 g/mol. The maximum Gasteiger partial charge on any atom is 0.0220 e. The molecular formula is C14H28N2. The molecule has 16 heavy (non-hydrogen) atoms. The van der Waals surface area contributed by atoms with Crippen molar-refractivity contribution in [1.29, 1.82) is 0 Å². The number of piperidine rings is 2. The fraction of sp³-hybridized carbons (Fsp3) is 1.00. The van der Waals surface area contributed by atoms with Crippen molar-refractivity contribution in [2.24, 2.45) is 0 Å². The van der Waals surface area contributed by atoms with Crippen molar-refractivity contribution >= 4 is 0 Å². The highest BCUT2D eigenvalue weighted by Gasteiger charge is 2.36.